The van der Waals surface area contributed by atoms with Gasteiger partial charge in [0.05, 0.1) is 11.2 Å². The minimum absolute atomic E-state index is 0.253. The first-order valence-corrected chi connectivity index (χ1v) is 10.8. The van der Waals surface area contributed by atoms with E-state index in [9.17, 15) is 31.7 Å². The van der Waals surface area contributed by atoms with Crippen molar-refractivity contribution in [2.45, 2.75) is 37.8 Å². The third-order valence-corrected chi connectivity index (χ3v) is 5.46. The number of carbonyl (C=O) groups excluding carboxylic acids is 1. The summed E-state index contributed by atoms with van der Waals surface area (Å²) in [4.78, 5) is 21.1. The molecule has 0 fully saturated rings. The number of ether oxygens (including phenoxy) is 1. The maximum atomic E-state index is 12.3. The maximum Gasteiger partial charge on any atom is 0.349 e. The Hall–Kier alpha value is -1.61. The Kier molecular flexibility index (Phi) is 5.96. The van der Waals surface area contributed by atoms with Gasteiger partial charge in [-0.3, -0.25) is 10.1 Å². The number of rotatable bonds is 6. The zero-order valence-corrected chi connectivity index (χ0v) is 16.2. The molecule has 142 valence electrons. The van der Waals surface area contributed by atoms with Crippen molar-refractivity contribution in [2.24, 2.45) is 5.14 Å². The highest BCUT2D eigenvalue weighted by atomic mass is 32.2. The molecule has 0 saturated carbocycles. The quantitative estimate of drug-likeness (QED) is 0.379. The molecule has 3 N–H and O–H groups in total. The highest BCUT2D eigenvalue weighted by Crippen LogP contribution is 2.38. The zero-order valence-electron chi connectivity index (χ0n) is 13.7. The summed E-state index contributed by atoms with van der Waals surface area (Å²) >= 11 is 0.253. The smallest absolute Gasteiger partial charge is 0.349 e. The predicted octanol–water partition coefficient (Wildman–Crippen LogP) is 0.308. The Bertz CT molecular complexity index is 909. The number of primary sulfonamides is 1. The lowest BCUT2D eigenvalue weighted by Crippen LogP contribution is -2.27. The molecule has 0 aliphatic heterocycles. The number of nitrogens with two attached hydrogens (primary N) is 1. The van der Waals surface area contributed by atoms with Crippen LogP contribution in [0, 0.1) is 10.1 Å². The molecule has 0 amide bonds. The number of thiophene rings is 1. The van der Waals surface area contributed by atoms with Gasteiger partial charge in [-0.1, -0.05) is 11.3 Å². The summed E-state index contributed by atoms with van der Waals surface area (Å²) in [5.74, 6) is -1.03. The van der Waals surface area contributed by atoms with Gasteiger partial charge in [-0.2, -0.15) is 0 Å². The third kappa shape index (κ3) is 6.00. The van der Waals surface area contributed by atoms with E-state index in [1.54, 1.807) is 20.8 Å². The summed E-state index contributed by atoms with van der Waals surface area (Å²) in [5, 5.41) is 15.3. The molecule has 0 aliphatic carbocycles. The van der Waals surface area contributed by atoms with Gasteiger partial charge in [0, 0.05) is 12.1 Å². The van der Waals surface area contributed by atoms with Crippen molar-refractivity contribution in [2.75, 3.05) is 6.26 Å². The standard InChI is InChI=1S/C11H17N3O8S3/c1-11(2,3)22-10(15)7-6(5-13-24(4,18)19)8(25(12,20)21)9(23-7)14(16)17/h13H,5H2,1-4H3,(H2,12,20,21). The van der Waals surface area contributed by atoms with Crippen LogP contribution in [0.2, 0.25) is 0 Å². The van der Waals surface area contributed by atoms with E-state index < -0.39 is 63.4 Å². The summed E-state index contributed by atoms with van der Waals surface area (Å²) in [6.45, 7) is 3.95. The number of hydrogen-bond acceptors (Lipinski definition) is 9. The third-order valence-electron chi connectivity index (χ3n) is 2.49. The summed E-state index contributed by atoms with van der Waals surface area (Å²) in [6.07, 6.45) is 0.803. The molecule has 1 aromatic heterocycles. The average molecular weight is 415 g/mol. The number of sulfonamides is 2. The van der Waals surface area contributed by atoms with E-state index in [1.165, 1.54) is 0 Å². The van der Waals surface area contributed by atoms with Gasteiger partial charge in [0.15, 0.2) is 4.90 Å². The Morgan fingerprint density at radius 2 is 1.84 bits per heavy atom. The van der Waals surface area contributed by atoms with Crippen molar-refractivity contribution in [3.05, 3.63) is 20.6 Å². The molecule has 11 nitrogen and oxygen atoms in total. The van der Waals surface area contributed by atoms with E-state index in [1.807, 2.05) is 4.72 Å². The fraction of sp³-hybridized carbons (Fsp3) is 0.545. The largest absolute Gasteiger partial charge is 0.456 e. The molecule has 0 saturated heterocycles. The first kappa shape index (κ1) is 21.4. The SMILES string of the molecule is CC(C)(C)OC(=O)c1sc([N+](=O)[O-])c(S(N)(=O)=O)c1CNS(C)(=O)=O. The van der Waals surface area contributed by atoms with Gasteiger partial charge in [-0.15, -0.1) is 0 Å². The van der Waals surface area contributed by atoms with Crippen molar-refractivity contribution in [3.63, 3.8) is 0 Å². The first-order chi connectivity index (χ1) is 11.0. The summed E-state index contributed by atoms with van der Waals surface area (Å²) in [7, 11) is -8.38. The number of hydrogen-bond donors (Lipinski definition) is 2. The Morgan fingerprint density at radius 3 is 2.20 bits per heavy atom. The number of esters is 1. The van der Waals surface area contributed by atoms with E-state index in [-0.39, 0.29) is 11.3 Å². The lowest BCUT2D eigenvalue weighted by Gasteiger charge is -2.19. The molecule has 0 radical (unpaired) electrons. The summed E-state index contributed by atoms with van der Waals surface area (Å²) in [6, 6.07) is 0. The van der Waals surface area contributed by atoms with Crippen LogP contribution < -0.4 is 9.86 Å². The van der Waals surface area contributed by atoms with Crippen LogP contribution in [0.5, 0.6) is 0 Å². The fourth-order valence-electron chi connectivity index (χ4n) is 1.70. The molecule has 14 heteroatoms. The molecule has 1 rings (SSSR count). The second kappa shape index (κ2) is 6.95. The van der Waals surface area contributed by atoms with Gasteiger partial charge in [-0.05, 0) is 20.8 Å². The Morgan fingerprint density at radius 1 is 1.32 bits per heavy atom. The van der Waals surface area contributed by atoms with Crippen molar-refractivity contribution in [1.82, 2.24) is 4.72 Å². The minimum atomic E-state index is -4.61. The van der Waals surface area contributed by atoms with E-state index in [0.29, 0.717) is 0 Å². The molecule has 25 heavy (non-hydrogen) atoms. The molecule has 1 aromatic rings. The van der Waals surface area contributed by atoms with Crippen LogP contribution in [0.15, 0.2) is 4.90 Å². The van der Waals surface area contributed by atoms with Crippen LogP contribution in [0.1, 0.15) is 36.0 Å². The Labute approximate surface area is 148 Å². The average Bonchev–Trinajstić information content (AvgIpc) is 2.72. The second-order valence-corrected chi connectivity index (χ2v) is 10.3. The molecule has 0 spiro atoms. The van der Waals surface area contributed by atoms with Crippen molar-refractivity contribution < 1.29 is 31.3 Å². The van der Waals surface area contributed by atoms with Crippen molar-refractivity contribution in [3.8, 4) is 0 Å². The summed E-state index contributed by atoms with van der Waals surface area (Å²) in [5.41, 5.74) is -1.39. The maximum absolute atomic E-state index is 12.3. The lowest BCUT2D eigenvalue weighted by molar-refractivity contribution is -0.383. The van der Waals surface area contributed by atoms with E-state index in [0.717, 1.165) is 6.26 Å². The molecule has 0 aromatic carbocycles. The first-order valence-electron chi connectivity index (χ1n) is 6.54. The van der Waals surface area contributed by atoms with Crippen molar-refractivity contribution in [1.29, 1.82) is 0 Å². The van der Waals surface area contributed by atoms with E-state index in [2.05, 4.69) is 0 Å². The molecule has 1 heterocycles. The van der Waals surface area contributed by atoms with Crippen LogP contribution in [0.3, 0.4) is 0 Å². The zero-order chi connectivity index (χ0) is 19.8. The van der Waals surface area contributed by atoms with Crippen molar-refractivity contribution >= 4 is 42.4 Å². The predicted molar refractivity (Wildman–Crippen MR) is 89.2 cm³/mol. The molecular weight excluding hydrogens is 398 g/mol. The van der Waals surface area contributed by atoms with Crippen LogP contribution in [-0.4, -0.2) is 39.6 Å². The van der Waals surface area contributed by atoms with Gasteiger partial charge in [0.1, 0.15) is 10.5 Å². The van der Waals surface area contributed by atoms with Crippen LogP contribution in [0.4, 0.5) is 5.00 Å². The highest BCUT2D eigenvalue weighted by Gasteiger charge is 2.37. The number of carbonyl (C=O) groups is 1. The topological polar surface area (TPSA) is 176 Å². The second-order valence-electron chi connectivity index (χ2n) is 5.94. The minimum Gasteiger partial charge on any atom is -0.456 e. The summed E-state index contributed by atoms with van der Waals surface area (Å²) < 4.78 is 53.2. The van der Waals surface area contributed by atoms with Crippen LogP contribution >= 0.6 is 11.3 Å². The molecular formula is C11H17N3O8S3. The fourth-order valence-corrected chi connectivity index (χ4v) is 4.39. The number of nitrogens with zero attached hydrogens (tertiary/aromatic N) is 1. The van der Waals surface area contributed by atoms with Gasteiger partial charge in [0.2, 0.25) is 20.0 Å². The normalized spacial score (nSPS) is 12.8. The molecule has 0 atom stereocenters. The van der Waals surface area contributed by atoms with Gasteiger partial charge >= 0.3 is 11.0 Å². The van der Waals surface area contributed by atoms with E-state index in [4.69, 9.17) is 9.88 Å². The number of nitrogens with one attached hydrogen (secondary N) is 1. The Balaban J connectivity index is 3.65. The number of nitro groups is 1. The monoisotopic (exact) mass is 415 g/mol. The highest BCUT2D eigenvalue weighted by molar-refractivity contribution is 7.89. The molecule has 0 aliphatic rings. The van der Waals surface area contributed by atoms with E-state index >= 15 is 0 Å². The van der Waals surface area contributed by atoms with Gasteiger partial charge < -0.3 is 4.74 Å². The van der Waals surface area contributed by atoms with Gasteiger partial charge in [-0.25, -0.2) is 31.5 Å². The lowest BCUT2D eigenvalue weighted by atomic mass is 10.2. The molecule has 0 unspecified atom stereocenters. The van der Waals surface area contributed by atoms with Crippen LogP contribution in [-0.2, 0) is 31.3 Å². The van der Waals surface area contributed by atoms with Gasteiger partial charge in [0.25, 0.3) is 0 Å². The molecule has 0 bridgehead atoms. The van der Waals surface area contributed by atoms with Crippen LogP contribution in [0.25, 0.3) is 0 Å².